The van der Waals surface area contributed by atoms with Gasteiger partial charge in [-0.2, -0.15) is 0 Å². The fourth-order valence-corrected chi connectivity index (χ4v) is 2.93. The molecule has 0 fully saturated rings. The Labute approximate surface area is 148 Å². The minimum atomic E-state index is -0.123. The van der Waals surface area contributed by atoms with E-state index in [4.69, 9.17) is 11.6 Å². The van der Waals surface area contributed by atoms with Gasteiger partial charge in [-0.25, -0.2) is 4.68 Å². The summed E-state index contributed by atoms with van der Waals surface area (Å²) in [5, 5.41) is 14.6. The molecule has 3 aromatic rings. The van der Waals surface area contributed by atoms with Gasteiger partial charge in [-0.3, -0.25) is 4.79 Å². The monoisotopic (exact) mass is 359 g/mol. The number of aromatic nitrogens is 4. The molecule has 0 bridgehead atoms. The highest BCUT2D eigenvalue weighted by atomic mass is 35.5. The Hall–Kier alpha value is -2.38. The van der Waals surface area contributed by atoms with E-state index in [1.165, 1.54) is 11.0 Å². The molecular weight excluding hydrogens is 346 g/mol. The van der Waals surface area contributed by atoms with Crippen LogP contribution in [-0.2, 0) is 0 Å². The van der Waals surface area contributed by atoms with Crippen molar-refractivity contribution in [1.29, 1.82) is 0 Å². The van der Waals surface area contributed by atoms with Crippen molar-refractivity contribution >= 4 is 29.3 Å². The smallest absolute Gasteiger partial charge is 0.251 e. The van der Waals surface area contributed by atoms with Crippen LogP contribution in [0.3, 0.4) is 0 Å². The second-order valence-electron chi connectivity index (χ2n) is 4.86. The van der Waals surface area contributed by atoms with Crippen molar-refractivity contribution in [2.24, 2.45) is 0 Å². The Morgan fingerprint density at radius 3 is 2.79 bits per heavy atom. The third kappa shape index (κ3) is 4.33. The average Bonchev–Trinajstić information content (AvgIpc) is 3.15. The van der Waals surface area contributed by atoms with Crippen LogP contribution in [0.1, 0.15) is 10.4 Å². The maximum atomic E-state index is 12.2. The van der Waals surface area contributed by atoms with Crippen molar-refractivity contribution in [2.75, 3.05) is 12.3 Å². The first-order chi connectivity index (χ1) is 11.7. The van der Waals surface area contributed by atoms with Crippen molar-refractivity contribution in [2.45, 2.75) is 4.90 Å². The van der Waals surface area contributed by atoms with E-state index < -0.39 is 0 Å². The van der Waals surface area contributed by atoms with E-state index in [9.17, 15) is 4.79 Å². The lowest BCUT2D eigenvalue weighted by Gasteiger charge is -2.07. The minimum absolute atomic E-state index is 0.123. The van der Waals surface area contributed by atoms with Gasteiger partial charge in [0.1, 0.15) is 6.33 Å². The molecule has 3 rings (SSSR count). The zero-order valence-corrected chi connectivity index (χ0v) is 14.2. The summed E-state index contributed by atoms with van der Waals surface area (Å²) in [6, 6.07) is 14.8. The summed E-state index contributed by atoms with van der Waals surface area (Å²) < 4.78 is 1.51. The van der Waals surface area contributed by atoms with Crippen molar-refractivity contribution in [3.05, 3.63) is 65.4 Å². The molecule has 24 heavy (non-hydrogen) atoms. The molecule has 0 aliphatic heterocycles. The summed E-state index contributed by atoms with van der Waals surface area (Å²) in [6.07, 6.45) is 1.49. The molecule has 122 valence electrons. The lowest BCUT2D eigenvalue weighted by Crippen LogP contribution is -2.25. The van der Waals surface area contributed by atoms with E-state index in [1.807, 2.05) is 30.3 Å². The number of nitrogens with one attached hydrogen (secondary N) is 1. The summed E-state index contributed by atoms with van der Waals surface area (Å²) in [5.41, 5.74) is 1.31. The second kappa shape index (κ2) is 7.94. The third-order valence-electron chi connectivity index (χ3n) is 3.19. The quantitative estimate of drug-likeness (QED) is 0.541. The molecule has 0 spiro atoms. The van der Waals surface area contributed by atoms with Gasteiger partial charge in [0.05, 0.1) is 5.69 Å². The number of thioether (sulfide) groups is 1. The molecule has 1 N–H and O–H groups in total. The van der Waals surface area contributed by atoms with E-state index >= 15 is 0 Å². The summed E-state index contributed by atoms with van der Waals surface area (Å²) in [4.78, 5) is 13.3. The molecule has 8 heteroatoms. The summed E-state index contributed by atoms with van der Waals surface area (Å²) in [5.74, 6) is 0.654. The van der Waals surface area contributed by atoms with E-state index in [0.29, 0.717) is 12.1 Å². The van der Waals surface area contributed by atoms with Gasteiger partial charge in [0.15, 0.2) is 0 Å². The van der Waals surface area contributed by atoms with E-state index in [-0.39, 0.29) is 5.91 Å². The predicted molar refractivity (Wildman–Crippen MR) is 93.7 cm³/mol. The normalized spacial score (nSPS) is 10.5. The Morgan fingerprint density at radius 1 is 1.21 bits per heavy atom. The maximum Gasteiger partial charge on any atom is 0.251 e. The standard InChI is InChI=1S/C16H14ClN5OS/c17-13-4-6-15(7-5-13)24-9-8-18-16(23)12-2-1-3-14(10-12)22-11-19-20-21-22/h1-7,10-11H,8-9H2,(H,18,23). The number of halogens is 1. The fraction of sp³-hybridized carbons (Fsp3) is 0.125. The van der Waals surface area contributed by atoms with Gasteiger partial charge in [-0.15, -0.1) is 16.9 Å². The molecule has 0 atom stereocenters. The van der Waals surface area contributed by atoms with E-state index in [2.05, 4.69) is 20.8 Å². The first kappa shape index (κ1) is 16.5. The van der Waals surface area contributed by atoms with Gasteiger partial charge in [-0.05, 0) is 52.9 Å². The molecule has 6 nitrogen and oxygen atoms in total. The Morgan fingerprint density at radius 2 is 2.04 bits per heavy atom. The average molecular weight is 360 g/mol. The van der Waals surface area contributed by atoms with Crippen LogP contribution in [0.2, 0.25) is 5.02 Å². The number of hydrogen-bond acceptors (Lipinski definition) is 5. The molecule has 1 aromatic heterocycles. The fourth-order valence-electron chi connectivity index (χ4n) is 2.04. The van der Waals surface area contributed by atoms with Crippen LogP contribution in [0, 0.1) is 0 Å². The van der Waals surface area contributed by atoms with E-state index in [0.717, 1.165) is 21.4 Å². The SMILES string of the molecule is O=C(NCCSc1ccc(Cl)cc1)c1cccc(-n2cnnn2)c1. The molecule has 0 radical (unpaired) electrons. The molecule has 0 aliphatic rings. The van der Waals surface area contributed by atoms with Gasteiger partial charge < -0.3 is 5.32 Å². The number of benzene rings is 2. The number of carbonyl (C=O) groups is 1. The Kier molecular flexibility index (Phi) is 5.45. The van der Waals surface area contributed by atoms with Gasteiger partial charge in [-0.1, -0.05) is 17.7 Å². The van der Waals surface area contributed by atoms with E-state index in [1.54, 1.807) is 30.0 Å². The number of tetrazole rings is 1. The van der Waals surface area contributed by atoms with Crippen LogP contribution < -0.4 is 5.32 Å². The van der Waals surface area contributed by atoms with Crippen LogP contribution in [0.25, 0.3) is 5.69 Å². The molecule has 1 heterocycles. The molecule has 0 saturated heterocycles. The van der Waals surface area contributed by atoms with Gasteiger partial charge in [0, 0.05) is 27.8 Å². The third-order valence-corrected chi connectivity index (χ3v) is 4.46. The molecule has 0 aliphatic carbocycles. The first-order valence-corrected chi connectivity index (χ1v) is 8.59. The van der Waals surface area contributed by atoms with Crippen molar-refractivity contribution in [3.8, 4) is 5.69 Å². The van der Waals surface area contributed by atoms with Crippen LogP contribution >= 0.6 is 23.4 Å². The second-order valence-corrected chi connectivity index (χ2v) is 6.47. The van der Waals surface area contributed by atoms with Crippen LogP contribution in [-0.4, -0.2) is 38.4 Å². The van der Waals surface area contributed by atoms with Crippen molar-refractivity contribution in [1.82, 2.24) is 25.5 Å². The largest absolute Gasteiger partial charge is 0.351 e. The van der Waals surface area contributed by atoms with Gasteiger partial charge in [0.25, 0.3) is 5.91 Å². The molecule has 0 unspecified atom stereocenters. The zero-order valence-electron chi connectivity index (χ0n) is 12.6. The van der Waals surface area contributed by atoms with Crippen LogP contribution in [0.15, 0.2) is 59.8 Å². The summed E-state index contributed by atoms with van der Waals surface area (Å²) in [6.45, 7) is 0.571. The number of rotatable bonds is 6. The Balaban J connectivity index is 1.52. The minimum Gasteiger partial charge on any atom is -0.351 e. The maximum absolute atomic E-state index is 12.2. The van der Waals surface area contributed by atoms with Crippen LogP contribution in [0.4, 0.5) is 0 Å². The lowest BCUT2D eigenvalue weighted by molar-refractivity contribution is 0.0956. The molecular formula is C16H14ClN5OS. The van der Waals surface area contributed by atoms with Crippen LogP contribution in [0.5, 0.6) is 0 Å². The topological polar surface area (TPSA) is 72.7 Å². The highest BCUT2D eigenvalue weighted by molar-refractivity contribution is 7.99. The highest BCUT2D eigenvalue weighted by Crippen LogP contribution is 2.19. The number of carbonyl (C=O) groups excluding carboxylic acids is 1. The molecule has 0 saturated carbocycles. The lowest BCUT2D eigenvalue weighted by atomic mass is 10.2. The summed E-state index contributed by atoms with van der Waals surface area (Å²) >= 11 is 7.52. The Bertz CT molecular complexity index is 808. The number of nitrogens with zero attached hydrogens (tertiary/aromatic N) is 4. The van der Waals surface area contributed by atoms with Gasteiger partial charge in [0.2, 0.25) is 0 Å². The first-order valence-electron chi connectivity index (χ1n) is 7.22. The number of hydrogen-bond donors (Lipinski definition) is 1. The number of amides is 1. The summed E-state index contributed by atoms with van der Waals surface area (Å²) in [7, 11) is 0. The highest BCUT2D eigenvalue weighted by Gasteiger charge is 2.07. The van der Waals surface area contributed by atoms with Gasteiger partial charge >= 0.3 is 0 Å². The molecule has 1 amide bonds. The molecule has 2 aromatic carbocycles. The van der Waals surface area contributed by atoms with Crippen molar-refractivity contribution in [3.63, 3.8) is 0 Å². The zero-order chi connectivity index (χ0) is 16.8. The predicted octanol–water partition coefficient (Wildman–Crippen LogP) is 2.84. The van der Waals surface area contributed by atoms with Crippen molar-refractivity contribution < 1.29 is 4.79 Å².